The first-order valence-corrected chi connectivity index (χ1v) is 23.9. The van der Waals surface area contributed by atoms with Crippen molar-refractivity contribution in [2.75, 3.05) is 0 Å². The summed E-state index contributed by atoms with van der Waals surface area (Å²) in [7, 11) is -5.39. The van der Waals surface area contributed by atoms with E-state index in [0.29, 0.717) is 0 Å². The molecule has 0 fully saturated rings. The normalized spacial score (nSPS) is 10.6. The first kappa shape index (κ1) is 46.6. The third-order valence-corrected chi connectivity index (χ3v) is 12.3. The van der Waals surface area contributed by atoms with Crippen molar-refractivity contribution in [1.29, 1.82) is 0 Å². The van der Waals surface area contributed by atoms with Crippen LogP contribution in [0.15, 0.2) is 72.8 Å². The largest absolute Gasteiger partial charge is 0.822 e. The molecule has 0 N–H and O–H groups in total. The summed E-state index contributed by atoms with van der Waals surface area (Å²) in [6.45, 7) is 6.81. The maximum Gasteiger partial charge on any atom is -0.159 e. The predicted octanol–water partition coefficient (Wildman–Crippen LogP) is 7.29. The maximum atomic E-state index is 8.55. The van der Waals surface area contributed by atoms with Crippen LogP contribution in [0.2, 0.25) is 0 Å². The van der Waals surface area contributed by atoms with E-state index in [4.69, 9.17) is 19.2 Å². The number of hydrogen-bond acceptors (Lipinski definition) is 4. The van der Waals surface area contributed by atoms with Gasteiger partial charge in [0.15, 0.2) is 0 Å². The van der Waals surface area contributed by atoms with Crippen LogP contribution in [0.3, 0.4) is 0 Å². The molecule has 0 bridgehead atoms. The molecule has 248 valence electrons. The van der Waals surface area contributed by atoms with E-state index in [-0.39, 0.29) is 0 Å². The molecule has 0 spiro atoms. The molecule has 3 aromatic carbocycles. The summed E-state index contributed by atoms with van der Waals surface area (Å²) in [5, 5.41) is 0. The van der Waals surface area contributed by atoms with Crippen molar-refractivity contribution < 1.29 is 74.2 Å². The maximum absolute atomic E-state index is 8.55. The number of rotatable bonds is 18. The molecule has 3 rings (SSSR count). The van der Waals surface area contributed by atoms with Crippen LogP contribution in [-0.4, -0.2) is 0 Å². The number of phosphoric acid groups is 1. The van der Waals surface area contributed by atoms with Gasteiger partial charge in [-0.15, -0.1) is 0 Å². The molecular weight excluding hydrogens is 760 g/mol. The smallest absolute Gasteiger partial charge is 0.159 e. The number of hydrogen-bond donors (Lipinski definition) is 0. The molecular formula is C39H57O4PZn3. The first-order chi connectivity index (χ1) is 22.5. The van der Waals surface area contributed by atoms with Gasteiger partial charge in [0.05, 0.1) is 0 Å². The van der Waals surface area contributed by atoms with E-state index < -0.39 is 7.82 Å². The van der Waals surface area contributed by atoms with Crippen molar-refractivity contribution in [3.63, 3.8) is 0 Å². The van der Waals surface area contributed by atoms with Gasteiger partial charge in [-0.3, -0.25) is 0 Å². The van der Waals surface area contributed by atoms with E-state index in [2.05, 4.69) is 93.6 Å². The Bertz CT molecular complexity index is 1060. The van der Waals surface area contributed by atoms with Crippen LogP contribution in [0.25, 0.3) is 0 Å². The van der Waals surface area contributed by atoms with Crippen LogP contribution < -0.4 is 27.2 Å². The second-order valence-corrected chi connectivity index (χ2v) is 17.9. The van der Waals surface area contributed by atoms with E-state index in [9.17, 15) is 0 Å². The summed E-state index contributed by atoms with van der Waals surface area (Å²) < 4.78 is 13.3. The van der Waals surface area contributed by atoms with Gasteiger partial charge >= 0.3 is 293 Å². The van der Waals surface area contributed by atoms with Crippen LogP contribution in [0.4, 0.5) is 0 Å². The Morgan fingerprint density at radius 1 is 0.426 bits per heavy atom. The van der Waals surface area contributed by atoms with E-state index in [1.807, 2.05) is 0 Å². The monoisotopic (exact) mass is 812 g/mol. The molecule has 8 heteroatoms. The van der Waals surface area contributed by atoms with Gasteiger partial charge in [-0.2, -0.15) is 7.82 Å². The Hall–Kier alpha value is -0.360. The summed E-state index contributed by atoms with van der Waals surface area (Å²) in [5.74, 6) is 0. The molecule has 0 amide bonds. The molecule has 47 heavy (non-hydrogen) atoms. The van der Waals surface area contributed by atoms with E-state index in [1.54, 1.807) is 29.2 Å². The molecule has 0 atom stereocenters. The van der Waals surface area contributed by atoms with Crippen molar-refractivity contribution in [2.24, 2.45) is 0 Å². The molecule has 0 saturated carbocycles. The van der Waals surface area contributed by atoms with Crippen molar-refractivity contribution >= 4 is 20.3 Å². The fourth-order valence-electron chi connectivity index (χ4n) is 5.16. The molecule has 0 heterocycles. The van der Waals surface area contributed by atoms with Crippen molar-refractivity contribution in [2.45, 2.75) is 136 Å². The SMILES string of the molecule is CCCCCCCc1cccc[c]1[Zn+].CCCCCCCc1cccc[c]1[Zn+].CCCCCCCc1cccc[c]1[Zn+].O=P([O-])([O-])[O-]. The minimum Gasteiger partial charge on any atom is -0.822 e. The molecule has 0 aliphatic heterocycles. The molecule has 0 saturated heterocycles. The number of benzene rings is 3. The Morgan fingerprint density at radius 3 is 0.851 bits per heavy atom. The summed E-state index contributed by atoms with van der Waals surface area (Å²) in [6.07, 6.45) is 24.7. The van der Waals surface area contributed by atoms with E-state index in [0.717, 1.165) is 0 Å². The van der Waals surface area contributed by atoms with Gasteiger partial charge in [0.25, 0.3) is 0 Å². The average Bonchev–Trinajstić information content (AvgIpc) is 3.03. The summed E-state index contributed by atoms with van der Waals surface area (Å²) in [4.78, 5) is 25.6. The van der Waals surface area contributed by atoms with Crippen molar-refractivity contribution in [3.8, 4) is 0 Å². The zero-order valence-electron chi connectivity index (χ0n) is 29.9. The van der Waals surface area contributed by atoms with Gasteiger partial charge in [-0.05, 0) is 0 Å². The summed E-state index contributed by atoms with van der Waals surface area (Å²) in [6, 6.07) is 26.6. The van der Waals surface area contributed by atoms with Gasteiger partial charge in [0.2, 0.25) is 0 Å². The van der Waals surface area contributed by atoms with Crippen LogP contribution in [-0.2, 0) is 78.7 Å². The topological polar surface area (TPSA) is 86.2 Å². The minimum absolute atomic E-state index is 1.29. The van der Waals surface area contributed by atoms with Gasteiger partial charge in [-0.1, -0.05) is 0 Å². The molecule has 3 aromatic rings. The molecule has 0 aliphatic rings. The van der Waals surface area contributed by atoms with Crippen LogP contribution in [0, 0.1) is 0 Å². The molecule has 4 nitrogen and oxygen atoms in total. The zero-order valence-corrected chi connectivity index (χ0v) is 39.7. The Morgan fingerprint density at radius 2 is 0.638 bits per heavy atom. The fourth-order valence-corrected chi connectivity index (χ4v) is 7.87. The fraction of sp³-hybridized carbons (Fsp3) is 0.538. The molecule has 0 aliphatic carbocycles. The second-order valence-electron chi connectivity index (χ2n) is 12.2. The molecule has 0 radical (unpaired) electrons. The van der Waals surface area contributed by atoms with Crippen LogP contribution in [0.5, 0.6) is 0 Å². The Balaban J connectivity index is 0.000000629. The molecule has 0 unspecified atom stereocenters. The van der Waals surface area contributed by atoms with Gasteiger partial charge in [-0.25, -0.2) is 0 Å². The van der Waals surface area contributed by atoms with Gasteiger partial charge in [0.1, 0.15) is 0 Å². The first-order valence-electron chi connectivity index (χ1n) is 18.0. The van der Waals surface area contributed by atoms with E-state index >= 15 is 0 Å². The van der Waals surface area contributed by atoms with Gasteiger partial charge in [0, 0.05) is 0 Å². The van der Waals surface area contributed by atoms with Crippen LogP contribution in [0.1, 0.15) is 134 Å². The predicted molar refractivity (Wildman–Crippen MR) is 183 cm³/mol. The van der Waals surface area contributed by atoms with E-state index in [1.165, 1.54) is 170 Å². The van der Waals surface area contributed by atoms with Gasteiger partial charge < -0.3 is 19.2 Å². The summed E-state index contributed by atoms with van der Waals surface area (Å²) in [5.41, 5.74) is 4.76. The van der Waals surface area contributed by atoms with Crippen molar-refractivity contribution in [1.82, 2.24) is 0 Å². The Labute approximate surface area is 318 Å². The molecule has 0 aromatic heterocycles. The minimum atomic E-state index is -5.39. The second kappa shape index (κ2) is 31.6. The Kier molecular flexibility index (Phi) is 31.4. The van der Waals surface area contributed by atoms with Crippen molar-refractivity contribution in [3.05, 3.63) is 89.5 Å². The number of aryl methyl sites for hydroxylation is 3. The standard InChI is InChI=1S/3C13H19.H3O4P.3Zn/c3*1-2-3-4-5-7-10-13-11-8-6-9-12-13;1-5(2,3)4;;;/h3*6,8-9,11H,2-5,7,10H2,1H3;(H3,1,2,3,4);;;/q;;;;3*+1/p-3. The number of unbranched alkanes of at least 4 members (excludes halogenated alkanes) is 12. The zero-order chi connectivity index (χ0) is 35.2. The quantitative estimate of drug-likeness (QED) is 0.0768. The third-order valence-electron chi connectivity index (χ3n) is 8.00. The van der Waals surface area contributed by atoms with Crippen LogP contribution >= 0.6 is 7.82 Å². The third kappa shape index (κ3) is 30.2. The average molecular weight is 817 g/mol. The summed E-state index contributed by atoms with van der Waals surface area (Å²) >= 11 is 3.89.